The number of nitrogens with two attached hydrogens (primary N) is 1. The third-order valence-electron chi connectivity index (χ3n) is 2.05. The lowest BCUT2D eigenvalue weighted by molar-refractivity contribution is -0.137. The molecule has 0 aromatic heterocycles. The molecule has 6 heteroatoms. The molecule has 1 saturated carbocycles. The van der Waals surface area contributed by atoms with E-state index in [9.17, 15) is 9.59 Å². The number of carboxylic acids is 1. The Balaban J connectivity index is 2.00. The van der Waals surface area contributed by atoms with E-state index in [1.165, 1.54) is 0 Å². The summed E-state index contributed by atoms with van der Waals surface area (Å²) in [6.07, 6.45) is 0.865. The van der Waals surface area contributed by atoms with Crippen molar-refractivity contribution in [2.75, 3.05) is 13.3 Å². The predicted molar refractivity (Wildman–Crippen MR) is 47.3 cm³/mol. The zero-order chi connectivity index (χ0) is 10.6. The lowest BCUT2D eigenvalue weighted by Gasteiger charge is -2.04. The quantitative estimate of drug-likeness (QED) is 0.474. The second kappa shape index (κ2) is 4.92. The van der Waals surface area contributed by atoms with Crippen molar-refractivity contribution in [3.05, 3.63) is 0 Å². The summed E-state index contributed by atoms with van der Waals surface area (Å²) in [6.45, 7) is 0.0450. The normalized spacial score (nSPS) is 24.4. The zero-order valence-corrected chi connectivity index (χ0v) is 7.73. The van der Waals surface area contributed by atoms with Gasteiger partial charge in [0.15, 0.2) is 0 Å². The van der Waals surface area contributed by atoms with Crippen LogP contribution in [0, 0.1) is 5.92 Å². The van der Waals surface area contributed by atoms with Gasteiger partial charge < -0.3 is 20.9 Å². The monoisotopic (exact) mass is 202 g/mol. The summed E-state index contributed by atoms with van der Waals surface area (Å²) in [7, 11) is 0. The Morgan fingerprint density at radius 1 is 1.57 bits per heavy atom. The molecule has 0 aromatic rings. The van der Waals surface area contributed by atoms with Crippen LogP contribution in [0.3, 0.4) is 0 Å². The number of hydrogen-bond acceptors (Lipinski definition) is 4. The second-order valence-corrected chi connectivity index (χ2v) is 3.25. The number of nitrogens with one attached hydrogen (secondary N) is 1. The molecule has 1 aliphatic rings. The maximum atomic E-state index is 10.7. The van der Waals surface area contributed by atoms with Crippen molar-refractivity contribution < 1.29 is 19.4 Å². The van der Waals surface area contributed by atoms with Gasteiger partial charge in [0.2, 0.25) is 5.91 Å². The number of rotatable bonds is 6. The molecule has 0 radical (unpaired) electrons. The summed E-state index contributed by atoms with van der Waals surface area (Å²) in [5.41, 5.74) is 5.05. The fraction of sp³-hybridized carbons (Fsp3) is 0.750. The highest BCUT2D eigenvalue weighted by atomic mass is 16.5. The smallest absolute Gasteiger partial charge is 0.303 e. The topological polar surface area (TPSA) is 102 Å². The molecule has 6 nitrogen and oxygen atoms in total. The van der Waals surface area contributed by atoms with Gasteiger partial charge in [0, 0.05) is 0 Å². The van der Waals surface area contributed by atoms with E-state index in [0.29, 0.717) is 0 Å². The fourth-order valence-corrected chi connectivity index (χ4v) is 1.16. The molecule has 0 aromatic carbocycles. The van der Waals surface area contributed by atoms with Crippen LogP contribution in [0.15, 0.2) is 0 Å². The first-order valence-electron chi connectivity index (χ1n) is 4.43. The first-order valence-corrected chi connectivity index (χ1v) is 4.43. The van der Waals surface area contributed by atoms with Gasteiger partial charge >= 0.3 is 5.97 Å². The zero-order valence-electron chi connectivity index (χ0n) is 7.73. The lowest BCUT2D eigenvalue weighted by atomic mass is 10.3. The largest absolute Gasteiger partial charge is 0.481 e. The summed E-state index contributed by atoms with van der Waals surface area (Å²) in [5, 5.41) is 10.9. The SMILES string of the molecule is NCC(=O)NCOC1CC1CC(=O)O. The van der Waals surface area contributed by atoms with E-state index in [0.717, 1.165) is 6.42 Å². The van der Waals surface area contributed by atoms with E-state index in [-0.39, 0.29) is 37.6 Å². The number of carbonyl (C=O) groups is 2. The number of ether oxygens (including phenoxy) is 1. The molecule has 0 spiro atoms. The maximum absolute atomic E-state index is 10.7. The number of aliphatic carboxylic acids is 1. The van der Waals surface area contributed by atoms with E-state index in [4.69, 9.17) is 15.6 Å². The minimum atomic E-state index is -0.813. The maximum Gasteiger partial charge on any atom is 0.303 e. The van der Waals surface area contributed by atoms with Gasteiger partial charge in [-0.25, -0.2) is 0 Å². The number of hydrogen-bond donors (Lipinski definition) is 3. The Morgan fingerprint density at radius 3 is 2.86 bits per heavy atom. The van der Waals surface area contributed by atoms with Crippen LogP contribution in [-0.2, 0) is 14.3 Å². The summed E-state index contributed by atoms with van der Waals surface area (Å²) in [6, 6.07) is 0. The van der Waals surface area contributed by atoms with Crippen LogP contribution in [0.1, 0.15) is 12.8 Å². The Bertz CT molecular complexity index is 231. The summed E-state index contributed by atoms with van der Waals surface area (Å²) < 4.78 is 5.19. The van der Waals surface area contributed by atoms with Gasteiger partial charge in [0.25, 0.3) is 0 Å². The van der Waals surface area contributed by atoms with Crippen molar-refractivity contribution in [3.63, 3.8) is 0 Å². The van der Waals surface area contributed by atoms with E-state index in [1.807, 2.05) is 0 Å². The van der Waals surface area contributed by atoms with Crippen molar-refractivity contribution in [1.82, 2.24) is 5.32 Å². The summed E-state index contributed by atoms with van der Waals surface area (Å²) >= 11 is 0. The number of amides is 1. The van der Waals surface area contributed by atoms with Gasteiger partial charge in [-0.3, -0.25) is 9.59 Å². The average molecular weight is 202 g/mol. The van der Waals surface area contributed by atoms with Crippen molar-refractivity contribution in [1.29, 1.82) is 0 Å². The molecule has 2 atom stereocenters. The molecule has 0 heterocycles. The molecule has 0 saturated heterocycles. The van der Waals surface area contributed by atoms with Crippen LogP contribution in [0.2, 0.25) is 0 Å². The van der Waals surface area contributed by atoms with Crippen molar-refractivity contribution >= 4 is 11.9 Å². The first-order chi connectivity index (χ1) is 6.63. The predicted octanol–water partition coefficient (Wildman–Crippen LogP) is -1.10. The molecule has 1 aliphatic carbocycles. The van der Waals surface area contributed by atoms with Crippen LogP contribution in [0.5, 0.6) is 0 Å². The molecule has 1 amide bonds. The van der Waals surface area contributed by atoms with Crippen molar-refractivity contribution in [3.8, 4) is 0 Å². The van der Waals surface area contributed by atoms with Crippen LogP contribution >= 0.6 is 0 Å². The van der Waals surface area contributed by atoms with E-state index in [1.54, 1.807) is 0 Å². The highest BCUT2D eigenvalue weighted by molar-refractivity contribution is 5.77. The molecule has 0 aliphatic heterocycles. The Kier molecular flexibility index (Phi) is 3.84. The Morgan fingerprint density at radius 2 is 2.29 bits per heavy atom. The van der Waals surface area contributed by atoms with Gasteiger partial charge in [-0.15, -0.1) is 0 Å². The third kappa shape index (κ3) is 3.71. The lowest BCUT2D eigenvalue weighted by Crippen LogP contribution is -2.32. The second-order valence-electron chi connectivity index (χ2n) is 3.25. The molecule has 1 rings (SSSR count). The van der Waals surface area contributed by atoms with Crippen LogP contribution in [0.4, 0.5) is 0 Å². The molecule has 2 unspecified atom stereocenters. The molecule has 4 N–H and O–H groups in total. The highest BCUT2D eigenvalue weighted by Crippen LogP contribution is 2.36. The van der Waals surface area contributed by atoms with Crippen molar-refractivity contribution in [2.45, 2.75) is 18.9 Å². The van der Waals surface area contributed by atoms with E-state index < -0.39 is 5.97 Å². The Hall–Kier alpha value is -1.14. The van der Waals surface area contributed by atoms with Crippen LogP contribution < -0.4 is 11.1 Å². The van der Waals surface area contributed by atoms with E-state index >= 15 is 0 Å². The summed E-state index contributed by atoms with van der Waals surface area (Å²) in [4.78, 5) is 20.9. The van der Waals surface area contributed by atoms with Gasteiger partial charge in [0.1, 0.15) is 6.73 Å². The molecule has 14 heavy (non-hydrogen) atoms. The van der Waals surface area contributed by atoms with Crippen LogP contribution in [-0.4, -0.2) is 36.4 Å². The standard InChI is InChI=1S/C8H14N2O4/c9-3-7(11)10-4-14-6-1-5(6)2-8(12)13/h5-6H,1-4,9H2,(H,10,11)(H,12,13). The minimum absolute atomic E-state index is 0.0239. The van der Waals surface area contributed by atoms with Crippen molar-refractivity contribution in [2.24, 2.45) is 11.7 Å². The Labute approximate surface area is 81.4 Å². The van der Waals surface area contributed by atoms with E-state index in [2.05, 4.69) is 5.32 Å². The first kappa shape index (κ1) is 10.9. The van der Waals surface area contributed by atoms with Gasteiger partial charge in [-0.05, 0) is 12.3 Å². The third-order valence-corrected chi connectivity index (χ3v) is 2.05. The highest BCUT2D eigenvalue weighted by Gasteiger charge is 2.39. The van der Waals surface area contributed by atoms with Gasteiger partial charge in [-0.2, -0.15) is 0 Å². The van der Waals surface area contributed by atoms with Crippen LogP contribution in [0.25, 0.3) is 0 Å². The fourth-order valence-electron chi connectivity index (χ4n) is 1.16. The minimum Gasteiger partial charge on any atom is -0.481 e. The number of carbonyl (C=O) groups excluding carboxylic acids is 1. The van der Waals surface area contributed by atoms with Gasteiger partial charge in [0.05, 0.1) is 19.1 Å². The molecular weight excluding hydrogens is 188 g/mol. The van der Waals surface area contributed by atoms with Gasteiger partial charge in [-0.1, -0.05) is 0 Å². The molecular formula is C8H14N2O4. The molecule has 80 valence electrons. The molecule has 0 bridgehead atoms. The summed E-state index contributed by atoms with van der Waals surface area (Å²) in [5.74, 6) is -0.991. The average Bonchev–Trinajstić information content (AvgIpc) is 2.82. The number of carboxylic acid groups (broad SMARTS) is 1. The molecule has 1 fully saturated rings.